The van der Waals surface area contributed by atoms with Crippen LogP contribution < -0.4 is 10.6 Å². The fourth-order valence-corrected chi connectivity index (χ4v) is 3.93. The van der Waals surface area contributed by atoms with E-state index in [0.717, 1.165) is 0 Å². The van der Waals surface area contributed by atoms with Gasteiger partial charge in [-0.05, 0) is 0 Å². The van der Waals surface area contributed by atoms with E-state index in [4.69, 9.17) is 4.74 Å². The topological polar surface area (TPSA) is 43.4 Å². The molecule has 0 aliphatic carbocycles. The molecule has 0 N–H and O–H groups in total. The van der Waals surface area contributed by atoms with Crippen LogP contribution in [-0.2, 0) is 9.30 Å². The molecular formula is C14H13O3P. The van der Waals surface area contributed by atoms with Crippen molar-refractivity contribution in [1.82, 2.24) is 0 Å². The van der Waals surface area contributed by atoms with Gasteiger partial charge in [0.05, 0.1) is 7.11 Å². The van der Waals surface area contributed by atoms with E-state index < -0.39 is 12.9 Å². The van der Waals surface area contributed by atoms with Crippen LogP contribution >= 0.6 is 7.14 Å². The van der Waals surface area contributed by atoms with E-state index in [-0.39, 0.29) is 0 Å². The minimum absolute atomic E-state index is 0.489. The second-order valence-corrected chi connectivity index (χ2v) is 6.37. The van der Waals surface area contributed by atoms with Gasteiger partial charge in [-0.2, -0.15) is 0 Å². The SMILES string of the molecule is COC(=O)P(=O)(c1ccccc1)c1ccccc1. The molecule has 2 aromatic rings. The minimum Gasteiger partial charge on any atom is -0.463 e. The van der Waals surface area contributed by atoms with Crippen molar-refractivity contribution in [3.05, 3.63) is 60.7 Å². The maximum absolute atomic E-state index is 13.1. The van der Waals surface area contributed by atoms with Crippen LogP contribution in [0.5, 0.6) is 0 Å². The first-order chi connectivity index (χ1) is 8.69. The summed E-state index contributed by atoms with van der Waals surface area (Å²) in [6, 6.07) is 17.4. The standard InChI is InChI=1S/C14H13O3P/c1-17-14(15)18(16,12-8-4-2-5-9-12)13-10-6-3-7-11-13/h2-11H,1H3. The predicted octanol–water partition coefficient (Wildman–Crippen LogP) is 2.77. The van der Waals surface area contributed by atoms with E-state index in [1.807, 2.05) is 12.1 Å². The predicted molar refractivity (Wildman–Crippen MR) is 72.2 cm³/mol. The first-order valence-electron chi connectivity index (χ1n) is 5.49. The lowest BCUT2D eigenvalue weighted by Gasteiger charge is -2.16. The van der Waals surface area contributed by atoms with Gasteiger partial charge < -0.3 is 9.30 Å². The zero-order valence-corrected chi connectivity index (χ0v) is 10.8. The summed E-state index contributed by atoms with van der Waals surface area (Å²) in [4.78, 5) is 11.9. The highest BCUT2D eigenvalue weighted by Gasteiger charge is 2.36. The number of hydrogen-bond donors (Lipinski definition) is 0. The van der Waals surface area contributed by atoms with Crippen LogP contribution in [0.15, 0.2) is 60.7 Å². The highest BCUT2D eigenvalue weighted by atomic mass is 31.2. The van der Waals surface area contributed by atoms with Gasteiger partial charge in [0.25, 0.3) is 0 Å². The van der Waals surface area contributed by atoms with Gasteiger partial charge in [0.15, 0.2) is 0 Å². The lowest BCUT2D eigenvalue weighted by atomic mass is 10.4. The third-order valence-corrected chi connectivity index (χ3v) is 5.42. The summed E-state index contributed by atoms with van der Waals surface area (Å²) in [7, 11) is -2.13. The highest BCUT2D eigenvalue weighted by Crippen LogP contribution is 2.44. The Morgan fingerprint density at radius 1 is 0.889 bits per heavy atom. The number of carbonyl (C=O) groups is 1. The van der Waals surface area contributed by atoms with Crippen molar-refractivity contribution in [2.24, 2.45) is 0 Å². The van der Waals surface area contributed by atoms with Crippen LogP contribution in [-0.4, -0.2) is 12.8 Å². The van der Waals surface area contributed by atoms with Crippen LogP contribution in [0.4, 0.5) is 4.79 Å². The number of carbonyl (C=O) groups excluding carboxylic acids is 1. The molecular weight excluding hydrogens is 247 g/mol. The van der Waals surface area contributed by atoms with Crippen molar-refractivity contribution in [1.29, 1.82) is 0 Å². The summed E-state index contributed by atoms with van der Waals surface area (Å²) in [5, 5.41) is 0.978. The Labute approximate surface area is 106 Å². The van der Waals surface area contributed by atoms with Crippen molar-refractivity contribution in [2.45, 2.75) is 0 Å². The summed E-state index contributed by atoms with van der Waals surface area (Å²) >= 11 is 0. The first-order valence-corrected chi connectivity index (χ1v) is 7.20. The van der Waals surface area contributed by atoms with E-state index >= 15 is 0 Å². The van der Waals surface area contributed by atoms with Crippen molar-refractivity contribution >= 4 is 23.5 Å². The van der Waals surface area contributed by atoms with Gasteiger partial charge in [-0.25, -0.2) is 4.79 Å². The molecule has 0 fully saturated rings. The molecule has 0 amide bonds. The second-order valence-electron chi connectivity index (χ2n) is 3.75. The summed E-state index contributed by atoms with van der Waals surface area (Å²) in [6.45, 7) is 0. The number of methoxy groups -OCH3 is 1. The first kappa shape index (κ1) is 12.6. The van der Waals surface area contributed by atoms with E-state index in [2.05, 4.69) is 0 Å². The molecule has 4 heteroatoms. The molecule has 3 nitrogen and oxygen atoms in total. The quantitative estimate of drug-likeness (QED) is 0.797. The molecule has 0 spiro atoms. The zero-order chi connectivity index (χ0) is 13.0. The van der Waals surface area contributed by atoms with Gasteiger partial charge in [-0.3, -0.25) is 0 Å². The fraction of sp³-hybridized carbons (Fsp3) is 0.0714. The van der Waals surface area contributed by atoms with E-state index in [9.17, 15) is 9.36 Å². The average molecular weight is 260 g/mol. The molecule has 0 saturated carbocycles. The molecule has 0 radical (unpaired) electrons. The fourth-order valence-electron chi connectivity index (χ4n) is 1.76. The van der Waals surface area contributed by atoms with Gasteiger partial charge >= 0.3 is 5.71 Å². The molecule has 0 aromatic heterocycles. The molecule has 0 saturated heterocycles. The van der Waals surface area contributed by atoms with E-state index in [0.29, 0.717) is 10.6 Å². The number of ether oxygens (including phenoxy) is 1. The number of rotatable bonds is 3. The molecule has 0 heterocycles. The Bertz CT molecular complexity index is 535. The smallest absolute Gasteiger partial charge is 0.372 e. The molecule has 92 valence electrons. The minimum atomic E-state index is -3.38. The van der Waals surface area contributed by atoms with Crippen LogP contribution in [0.25, 0.3) is 0 Å². The summed E-state index contributed by atoms with van der Waals surface area (Å²) in [5.41, 5.74) is -0.695. The van der Waals surface area contributed by atoms with Crippen LogP contribution in [0.3, 0.4) is 0 Å². The Kier molecular flexibility index (Phi) is 3.63. The number of hydrogen-bond acceptors (Lipinski definition) is 3. The van der Waals surface area contributed by atoms with E-state index in [1.54, 1.807) is 48.5 Å². The Morgan fingerprint density at radius 2 is 1.28 bits per heavy atom. The molecule has 0 unspecified atom stereocenters. The molecule has 18 heavy (non-hydrogen) atoms. The van der Waals surface area contributed by atoms with Crippen LogP contribution in [0.1, 0.15) is 0 Å². The van der Waals surface area contributed by atoms with Gasteiger partial charge in [0.1, 0.15) is 0 Å². The largest absolute Gasteiger partial charge is 0.463 e. The Morgan fingerprint density at radius 3 is 1.61 bits per heavy atom. The zero-order valence-electron chi connectivity index (χ0n) is 9.95. The Balaban J connectivity index is 2.63. The summed E-state index contributed by atoms with van der Waals surface area (Å²) in [5.74, 6) is 0. The second kappa shape index (κ2) is 5.19. The molecule has 0 bridgehead atoms. The summed E-state index contributed by atoms with van der Waals surface area (Å²) < 4.78 is 17.8. The molecule has 2 rings (SSSR count). The third-order valence-electron chi connectivity index (χ3n) is 2.67. The molecule has 2 aromatic carbocycles. The molecule has 0 atom stereocenters. The lowest BCUT2D eigenvalue weighted by molar-refractivity contribution is 0.197. The van der Waals surface area contributed by atoms with Crippen LogP contribution in [0.2, 0.25) is 0 Å². The highest BCUT2D eigenvalue weighted by molar-refractivity contribution is 7.92. The Hall–Kier alpha value is -1.86. The maximum Gasteiger partial charge on any atom is 0.372 e. The van der Waals surface area contributed by atoms with Crippen molar-refractivity contribution in [3.8, 4) is 0 Å². The molecule has 0 aliphatic heterocycles. The third kappa shape index (κ3) is 2.09. The monoisotopic (exact) mass is 260 g/mol. The van der Waals surface area contributed by atoms with Crippen molar-refractivity contribution < 1.29 is 14.1 Å². The number of benzene rings is 2. The lowest BCUT2D eigenvalue weighted by Crippen LogP contribution is -2.22. The van der Waals surface area contributed by atoms with Gasteiger partial charge in [-0.1, -0.05) is 60.7 Å². The maximum atomic E-state index is 13.1. The normalized spacial score (nSPS) is 10.9. The molecule has 0 aliphatic rings. The van der Waals surface area contributed by atoms with Crippen molar-refractivity contribution in [3.63, 3.8) is 0 Å². The van der Waals surface area contributed by atoms with Gasteiger partial charge in [-0.15, -0.1) is 0 Å². The van der Waals surface area contributed by atoms with Gasteiger partial charge in [0, 0.05) is 10.6 Å². The van der Waals surface area contributed by atoms with Crippen LogP contribution in [0, 0.1) is 0 Å². The van der Waals surface area contributed by atoms with Crippen molar-refractivity contribution in [2.75, 3.05) is 7.11 Å². The average Bonchev–Trinajstić information content (AvgIpc) is 2.47. The summed E-state index contributed by atoms with van der Waals surface area (Å²) in [6.07, 6.45) is 0. The van der Waals surface area contributed by atoms with E-state index in [1.165, 1.54) is 7.11 Å². The van der Waals surface area contributed by atoms with Gasteiger partial charge in [0.2, 0.25) is 7.14 Å².